The van der Waals surface area contributed by atoms with E-state index in [0.717, 1.165) is 11.3 Å². The number of aromatic nitrogens is 4. The molecule has 9 heteroatoms. The van der Waals surface area contributed by atoms with E-state index in [1.807, 2.05) is 31.2 Å². The zero-order valence-corrected chi connectivity index (χ0v) is 17.0. The Labute approximate surface area is 177 Å². The van der Waals surface area contributed by atoms with Crippen molar-refractivity contribution in [2.75, 3.05) is 10.6 Å². The van der Waals surface area contributed by atoms with Gasteiger partial charge in [0.15, 0.2) is 5.65 Å². The first kappa shape index (κ1) is 20.0. The molecule has 4 rings (SSSR count). The summed E-state index contributed by atoms with van der Waals surface area (Å²) in [5.74, 6) is -0.602. The van der Waals surface area contributed by atoms with Gasteiger partial charge in [-0.15, -0.1) is 0 Å². The molecule has 2 heterocycles. The SMILES string of the molecule is CC(=O)Nc1cccc(NC(=O)Cn2cnc3c(cnn3-c3ccccc3C)c2=O)c1. The zero-order chi connectivity index (χ0) is 22.0. The number of rotatable bonds is 5. The molecule has 0 radical (unpaired) electrons. The van der Waals surface area contributed by atoms with Gasteiger partial charge in [-0.25, -0.2) is 9.67 Å². The fraction of sp³-hybridized carbons (Fsp3) is 0.136. The van der Waals surface area contributed by atoms with E-state index in [9.17, 15) is 14.4 Å². The summed E-state index contributed by atoms with van der Waals surface area (Å²) in [6.07, 6.45) is 2.80. The second kappa shape index (κ2) is 8.23. The van der Waals surface area contributed by atoms with E-state index in [0.29, 0.717) is 22.4 Å². The summed E-state index contributed by atoms with van der Waals surface area (Å²) in [5, 5.41) is 10.0. The summed E-state index contributed by atoms with van der Waals surface area (Å²) in [6.45, 7) is 3.15. The molecule has 0 aliphatic heterocycles. The number of nitrogens with one attached hydrogen (secondary N) is 2. The van der Waals surface area contributed by atoms with Crippen molar-refractivity contribution in [1.82, 2.24) is 19.3 Å². The molecule has 4 aromatic rings. The van der Waals surface area contributed by atoms with Crippen LogP contribution in [0, 0.1) is 6.92 Å². The average Bonchev–Trinajstić information content (AvgIpc) is 3.15. The summed E-state index contributed by atoms with van der Waals surface area (Å²) >= 11 is 0. The Morgan fingerprint density at radius 1 is 1.03 bits per heavy atom. The van der Waals surface area contributed by atoms with Gasteiger partial charge >= 0.3 is 0 Å². The van der Waals surface area contributed by atoms with Crippen LogP contribution in [0.5, 0.6) is 0 Å². The molecule has 9 nitrogen and oxygen atoms in total. The van der Waals surface area contributed by atoms with Gasteiger partial charge in [-0.2, -0.15) is 5.10 Å². The summed E-state index contributed by atoms with van der Waals surface area (Å²) in [4.78, 5) is 40.9. The number of hydrogen-bond donors (Lipinski definition) is 2. The van der Waals surface area contributed by atoms with Crippen LogP contribution >= 0.6 is 0 Å². The minimum absolute atomic E-state index is 0.207. The van der Waals surface area contributed by atoms with Crippen LogP contribution in [0.4, 0.5) is 11.4 Å². The quantitative estimate of drug-likeness (QED) is 0.519. The Morgan fingerprint density at radius 2 is 1.77 bits per heavy atom. The largest absolute Gasteiger partial charge is 0.326 e. The Bertz CT molecular complexity index is 1350. The van der Waals surface area contributed by atoms with Crippen LogP contribution in [-0.4, -0.2) is 31.1 Å². The molecule has 0 aliphatic carbocycles. The maximum Gasteiger partial charge on any atom is 0.264 e. The first-order valence-electron chi connectivity index (χ1n) is 9.59. The van der Waals surface area contributed by atoms with Crippen LogP contribution in [0.15, 0.2) is 65.8 Å². The lowest BCUT2D eigenvalue weighted by Crippen LogP contribution is -2.27. The summed E-state index contributed by atoms with van der Waals surface area (Å²) in [6, 6.07) is 14.4. The maximum absolute atomic E-state index is 12.9. The lowest BCUT2D eigenvalue weighted by atomic mass is 10.2. The average molecular weight is 416 g/mol. The number of anilines is 2. The van der Waals surface area contributed by atoms with Crippen LogP contribution in [0.3, 0.4) is 0 Å². The Balaban J connectivity index is 1.56. The molecule has 0 bridgehead atoms. The Hall–Kier alpha value is -4.27. The molecule has 2 aromatic heterocycles. The molecule has 2 N–H and O–H groups in total. The molecule has 0 atom stereocenters. The van der Waals surface area contributed by atoms with Crippen molar-refractivity contribution >= 4 is 34.2 Å². The van der Waals surface area contributed by atoms with E-state index in [4.69, 9.17) is 0 Å². The first-order chi connectivity index (χ1) is 14.9. The van der Waals surface area contributed by atoms with E-state index >= 15 is 0 Å². The Kier molecular flexibility index (Phi) is 5.31. The number of benzene rings is 2. The predicted octanol–water partition coefficient (Wildman–Crippen LogP) is 2.49. The number of fused-ring (bicyclic) bond motifs is 1. The summed E-state index contributed by atoms with van der Waals surface area (Å²) in [5.41, 5.74) is 2.98. The van der Waals surface area contributed by atoms with Gasteiger partial charge in [0, 0.05) is 18.3 Å². The van der Waals surface area contributed by atoms with E-state index in [1.54, 1.807) is 28.9 Å². The molecule has 0 aliphatic rings. The maximum atomic E-state index is 12.9. The molecule has 2 aromatic carbocycles. The van der Waals surface area contributed by atoms with E-state index in [1.165, 1.54) is 24.0 Å². The van der Waals surface area contributed by atoms with Crippen molar-refractivity contribution in [3.8, 4) is 5.69 Å². The fourth-order valence-corrected chi connectivity index (χ4v) is 3.27. The third kappa shape index (κ3) is 4.20. The lowest BCUT2D eigenvalue weighted by Gasteiger charge is -2.09. The highest BCUT2D eigenvalue weighted by Gasteiger charge is 2.14. The van der Waals surface area contributed by atoms with Crippen molar-refractivity contribution in [1.29, 1.82) is 0 Å². The van der Waals surface area contributed by atoms with E-state index < -0.39 is 5.91 Å². The zero-order valence-electron chi connectivity index (χ0n) is 17.0. The molecule has 2 amide bonds. The number of nitrogens with zero attached hydrogens (tertiary/aromatic N) is 4. The number of para-hydroxylation sites is 1. The van der Waals surface area contributed by atoms with Gasteiger partial charge in [-0.05, 0) is 36.8 Å². The molecule has 156 valence electrons. The van der Waals surface area contributed by atoms with Gasteiger partial charge in [0.2, 0.25) is 11.8 Å². The number of amides is 2. The summed E-state index contributed by atoms with van der Waals surface area (Å²) < 4.78 is 2.85. The van der Waals surface area contributed by atoms with Gasteiger partial charge in [0.1, 0.15) is 18.3 Å². The third-order valence-electron chi connectivity index (χ3n) is 4.68. The molecule has 0 saturated heterocycles. The minimum Gasteiger partial charge on any atom is -0.326 e. The third-order valence-corrected chi connectivity index (χ3v) is 4.68. The van der Waals surface area contributed by atoms with Crippen LogP contribution in [0.1, 0.15) is 12.5 Å². The lowest BCUT2D eigenvalue weighted by molar-refractivity contribution is -0.117. The molecular weight excluding hydrogens is 396 g/mol. The molecule has 31 heavy (non-hydrogen) atoms. The van der Waals surface area contributed by atoms with Crippen molar-refractivity contribution in [3.05, 3.63) is 77.0 Å². The standard InChI is InChI=1S/C22H20N6O3/c1-14-6-3-4-9-19(14)28-21-18(11-24-28)22(31)27(13-23-21)12-20(30)26-17-8-5-7-16(10-17)25-15(2)29/h3-11,13H,12H2,1-2H3,(H,25,29)(H,26,30). The van der Waals surface area contributed by atoms with E-state index in [2.05, 4.69) is 20.7 Å². The molecule has 0 saturated carbocycles. The van der Waals surface area contributed by atoms with Crippen molar-refractivity contribution < 1.29 is 9.59 Å². The van der Waals surface area contributed by atoms with Gasteiger partial charge in [-0.1, -0.05) is 24.3 Å². The van der Waals surface area contributed by atoms with Crippen LogP contribution in [-0.2, 0) is 16.1 Å². The predicted molar refractivity (Wildman–Crippen MR) is 117 cm³/mol. The molecular formula is C22H20N6O3. The first-order valence-corrected chi connectivity index (χ1v) is 9.59. The second-order valence-corrected chi connectivity index (χ2v) is 7.07. The van der Waals surface area contributed by atoms with Gasteiger partial charge in [-0.3, -0.25) is 19.0 Å². The Morgan fingerprint density at radius 3 is 2.52 bits per heavy atom. The van der Waals surface area contributed by atoms with Crippen LogP contribution in [0.25, 0.3) is 16.7 Å². The molecule has 0 spiro atoms. The van der Waals surface area contributed by atoms with Gasteiger partial charge in [0.05, 0.1) is 11.9 Å². The highest BCUT2D eigenvalue weighted by atomic mass is 16.2. The number of carbonyl (C=O) groups excluding carboxylic acids is 2. The normalized spacial score (nSPS) is 10.8. The fourth-order valence-electron chi connectivity index (χ4n) is 3.27. The van der Waals surface area contributed by atoms with Crippen molar-refractivity contribution in [3.63, 3.8) is 0 Å². The highest BCUT2D eigenvalue weighted by molar-refractivity contribution is 5.93. The summed E-state index contributed by atoms with van der Waals surface area (Å²) in [7, 11) is 0. The molecule has 0 unspecified atom stereocenters. The smallest absolute Gasteiger partial charge is 0.264 e. The number of carbonyl (C=O) groups is 2. The monoisotopic (exact) mass is 416 g/mol. The number of hydrogen-bond acceptors (Lipinski definition) is 5. The van der Waals surface area contributed by atoms with E-state index in [-0.39, 0.29) is 18.0 Å². The highest BCUT2D eigenvalue weighted by Crippen LogP contribution is 2.17. The second-order valence-electron chi connectivity index (χ2n) is 7.07. The van der Waals surface area contributed by atoms with Gasteiger partial charge in [0.25, 0.3) is 5.56 Å². The topological polar surface area (TPSA) is 111 Å². The van der Waals surface area contributed by atoms with Crippen LogP contribution in [0.2, 0.25) is 0 Å². The van der Waals surface area contributed by atoms with Crippen molar-refractivity contribution in [2.45, 2.75) is 20.4 Å². The van der Waals surface area contributed by atoms with Crippen LogP contribution < -0.4 is 16.2 Å². The number of aryl methyl sites for hydroxylation is 1. The molecule has 0 fully saturated rings. The van der Waals surface area contributed by atoms with Crippen molar-refractivity contribution in [2.24, 2.45) is 0 Å². The van der Waals surface area contributed by atoms with Gasteiger partial charge < -0.3 is 10.6 Å². The minimum atomic E-state index is -0.394.